The van der Waals surface area contributed by atoms with Gasteiger partial charge in [0.25, 0.3) is 0 Å². The van der Waals surface area contributed by atoms with Crippen molar-refractivity contribution in [1.29, 1.82) is 0 Å². The second-order valence-electron chi connectivity index (χ2n) is 5.71. The minimum Gasteiger partial charge on any atom is -0.488 e. The molecule has 3 rings (SSSR count). The number of carbonyl (C=O) groups excluding carboxylic acids is 1. The van der Waals surface area contributed by atoms with Crippen molar-refractivity contribution in [2.45, 2.75) is 13.0 Å². The fourth-order valence-electron chi connectivity index (χ4n) is 2.23. The third-order valence-electron chi connectivity index (χ3n) is 3.56. The summed E-state index contributed by atoms with van der Waals surface area (Å²) in [5.74, 6) is 0.247. The highest BCUT2D eigenvalue weighted by Crippen LogP contribution is 2.25. The predicted octanol–water partition coefficient (Wildman–Crippen LogP) is 4.46. The van der Waals surface area contributed by atoms with Gasteiger partial charge in [0.15, 0.2) is 0 Å². The van der Waals surface area contributed by atoms with Crippen LogP contribution in [0.25, 0.3) is 0 Å². The third kappa shape index (κ3) is 6.40. The van der Waals surface area contributed by atoms with Gasteiger partial charge >= 0.3 is 0 Å². The molecule has 1 amide bonds. The molecule has 0 saturated heterocycles. The number of nitrogens with one attached hydrogen (secondary N) is 1. The quantitative estimate of drug-likeness (QED) is 0.358. The SMILES string of the molecule is Nc1nnc(CC(=O)N/N=C/c2cc(Br)ccc2OCc2ccc(Cl)cc2Cl)s1. The molecule has 0 bridgehead atoms. The minimum atomic E-state index is -0.331. The van der Waals surface area contributed by atoms with Crippen molar-refractivity contribution < 1.29 is 9.53 Å². The summed E-state index contributed by atoms with van der Waals surface area (Å²) in [6, 6.07) is 10.7. The number of nitrogens with zero attached hydrogens (tertiary/aromatic N) is 3. The maximum absolute atomic E-state index is 11.9. The normalized spacial score (nSPS) is 11.0. The minimum absolute atomic E-state index is 0.0448. The lowest BCUT2D eigenvalue weighted by atomic mass is 10.2. The number of nitrogen functional groups attached to an aromatic ring is 1. The van der Waals surface area contributed by atoms with Crippen LogP contribution in [0.1, 0.15) is 16.1 Å². The highest BCUT2D eigenvalue weighted by Gasteiger charge is 2.09. The predicted molar refractivity (Wildman–Crippen MR) is 119 cm³/mol. The molecule has 1 heterocycles. The van der Waals surface area contributed by atoms with Crippen LogP contribution in [0, 0.1) is 0 Å². The van der Waals surface area contributed by atoms with Gasteiger partial charge in [-0.05, 0) is 30.3 Å². The molecule has 0 spiro atoms. The number of rotatable bonds is 7. The number of hydrogen-bond acceptors (Lipinski definition) is 7. The Morgan fingerprint density at radius 1 is 1.28 bits per heavy atom. The summed E-state index contributed by atoms with van der Waals surface area (Å²) in [5, 5.41) is 13.4. The monoisotopic (exact) mass is 513 g/mol. The topological polar surface area (TPSA) is 102 Å². The van der Waals surface area contributed by atoms with Crippen molar-refractivity contribution >= 4 is 67.7 Å². The van der Waals surface area contributed by atoms with E-state index < -0.39 is 0 Å². The molecule has 7 nitrogen and oxygen atoms in total. The van der Waals surface area contributed by atoms with Crippen molar-refractivity contribution in [2.75, 3.05) is 5.73 Å². The van der Waals surface area contributed by atoms with Crippen LogP contribution in [0.2, 0.25) is 10.0 Å². The van der Waals surface area contributed by atoms with Gasteiger partial charge in [-0.3, -0.25) is 4.79 Å². The summed E-state index contributed by atoms with van der Waals surface area (Å²) in [6.45, 7) is 0.253. The first-order valence-electron chi connectivity index (χ1n) is 8.17. The Morgan fingerprint density at radius 2 is 2.10 bits per heavy atom. The zero-order chi connectivity index (χ0) is 20.8. The van der Waals surface area contributed by atoms with Crippen LogP contribution in [0.3, 0.4) is 0 Å². The van der Waals surface area contributed by atoms with Gasteiger partial charge < -0.3 is 10.5 Å². The van der Waals surface area contributed by atoms with Gasteiger partial charge in [-0.25, -0.2) is 5.43 Å². The zero-order valence-corrected chi connectivity index (χ0v) is 18.6. The van der Waals surface area contributed by atoms with E-state index in [1.165, 1.54) is 6.21 Å². The van der Waals surface area contributed by atoms with E-state index in [1.54, 1.807) is 24.3 Å². The molecule has 0 radical (unpaired) electrons. The van der Waals surface area contributed by atoms with Crippen molar-refractivity contribution in [3.63, 3.8) is 0 Å². The second-order valence-corrected chi connectivity index (χ2v) is 8.56. The molecular weight excluding hydrogens is 501 g/mol. The number of anilines is 1. The number of amides is 1. The molecule has 11 heteroatoms. The summed E-state index contributed by atoms with van der Waals surface area (Å²) < 4.78 is 6.71. The average molecular weight is 515 g/mol. The van der Waals surface area contributed by atoms with Crippen LogP contribution in [-0.2, 0) is 17.8 Å². The summed E-state index contributed by atoms with van der Waals surface area (Å²) in [7, 11) is 0. The fraction of sp³-hybridized carbons (Fsp3) is 0.111. The molecule has 0 fully saturated rings. The van der Waals surface area contributed by atoms with Crippen LogP contribution < -0.4 is 15.9 Å². The van der Waals surface area contributed by atoms with E-state index in [2.05, 4.69) is 36.7 Å². The summed E-state index contributed by atoms with van der Waals surface area (Å²) in [5.41, 5.74) is 9.41. The molecule has 0 aliphatic rings. The molecule has 3 aromatic rings. The van der Waals surface area contributed by atoms with Crippen molar-refractivity contribution in [3.05, 3.63) is 67.1 Å². The molecule has 0 unspecified atom stereocenters. The first-order valence-corrected chi connectivity index (χ1v) is 10.5. The molecule has 0 aliphatic carbocycles. The largest absolute Gasteiger partial charge is 0.488 e. The fourth-order valence-corrected chi connectivity index (χ4v) is 3.68. The maximum atomic E-state index is 11.9. The van der Waals surface area contributed by atoms with E-state index in [0.717, 1.165) is 21.4 Å². The van der Waals surface area contributed by atoms with Crippen molar-refractivity contribution in [1.82, 2.24) is 15.6 Å². The number of aromatic nitrogens is 2. The Kier molecular flexibility index (Phi) is 7.43. The summed E-state index contributed by atoms with van der Waals surface area (Å²) >= 11 is 16.7. The molecule has 2 aromatic carbocycles. The Bertz CT molecular complexity index is 1060. The first kappa shape index (κ1) is 21.5. The number of hydrogen-bond donors (Lipinski definition) is 2. The van der Waals surface area contributed by atoms with Gasteiger partial charge in [0.05, 0.1) is 12.6 Å². The summed E-state index contributed by atoms with van der Waals surface area (Å²) in [6.07, 6.45) is 1.54. The number of halogens is 3. The number of carbonyl (C=O) groups is 1. The third-order valence-corrected chi connectivity index (χ3v) is 5.39. The molecule has 150 valence electrons. The van der Waals surface area contributed by atoms with Crippen molar-refractivity contribution in [2.24, 2.45) is 5.10 Å². The Hall–Kier alpha value is -2.20. The van der Waals surface area contributed by atoms with Gasteiger partial charge in [0.2, 0.25) is 11.0 Å². The highest BCUT2D eigenvalue weighted by atomic mass is 79.9. The van der Waals surface area contributed by atoms with Crippen molar-refractivity contribution in [3.8, 4) is 5.75 Å². The van der Waals surface area contributed by atoms with E-state index in [9.17, 15) is 4.79 Å². The van der Waals surface area contributed by atoms with E-state index >= 15 is 0 Å². The summed E-state index contributed by atoms with van der Waals surface area (Å²) in [4.78, 5) is 11.9. The number of nitrogens with two attached hydrogens (primary N) is 1. The standard InChI is InChI=1S/C18H14BrCl2N5O2S/c19-12-2-4-15(28-9-10-1-3-13(20)6-14(10)21)11(5-12)8-23-24-16(27)7-17-25-26-18(22)29-17/h1-6,8H,7,9H2,(H2,22,26)(H,24,27)/b23-8+. The van der Waals surface area contributed by atoms with Gasteiger partial charge in [-0.2, -0.15) is 5.10 Å². The van der Waals surface area contributed by atoms with E-state index in [4.69, 9.17) is 33.7 Å². The molecule has 0 atom stereocenters. The lowest BCUT2D eigenvalue weighted by molar-refractivity contribution is -0.120. The lowest BCUT2D eigenvalue weighted by Gasteiger charge is -2.11. The highest BCUT2D eigenvalue weighted by molar-refractivity contribution is 9.10. The van der Waals surface area contributed by atoms with Crippen LogP contribution in [-0.4, -0.2) is 22.3 Å². The van der Waals surface area contributed by atoms with E-state index in [-0.39, 0.29) is 18.9 Å². The van der Waals surface area contributed by atoms with Crippen LogP contribution >= 0.6 is 50.5 Å². The molecular formula is C18H14BrCl2N5O2S. The maximum Gasteiger partial charge on any atom is 0.247 e. The zero-order valence-electron chi connectivity index (χ0n) is 14.7. The van der Waals surface area contributed by atoms with Crippen LogP contribution in [0.15, 0.2) is 46.0 Å². The van der Waals surface area contributed by atoms with Gasteiger partial charge in [0, 0.05) is 25.6 Å². The number of ether oxygens (including phenoxy) is 1. The Morgan fingerprint density at radius 3 is 2.83 bits per heavy atom. The molecule has 0 aliphatic heterocycles. The van der Waals surface area contributed by atoms with Gasteiger partial charge in [0.1, 0.15) is 17.4 Å². The molecule has 1 aromatic heterocycles. The smallest absolute Gasteiger partial charge is 0.247 e. The molecule has 0 saturated carbocycles. The van der Waals surface area contributed by atoms with Crippen LogP contribution in [0.5, 0.6) is 5.75 Å². The number of benzene rings is 2. The Balaban J connectivity index is 1.64. The average Bonchev–Trinajstić information content (AvgIpc) is 3.07. The van der Waals surface area contributed by atoms with E-state index in [1.807, 2.05) is 12.1 Å². The molecule has 3 N–H and O–H groups in total. The van der Waals surface area contributed by atoms with Crippen LogP contribution in [0.4, 0.5) is 5.13 Å². The first-order chi connectivity index (χ1) is 13.9. The van der Waals surface area contributed by atoms with Gasteiger partial charge in [-0.1, -0.05) is 56.5 Å². The van der Waals surface area contributed by atoms with E-state index in [0.29, 0.717) is 31.5 Å². The Labute approximate surface area is 189 Å². The molecule has 29 heavy (non-hydrogen) atoms. The van der Waals surface area contributed by atoms with Gasteiger partial charge in [-0.15, -0.1) is 10.2 Å². The second kappa shape index (κ2) is 10.0. The lowest BCUT2D eigenvalue weighted by Crippen LogP contribution is -2.19. The number of hydrazone groups is 1.